The number of carbonyl (C=O) groups excluding carboxylic acids is 1. The Bertz CT molecular complexity index is 1010. The first kappa shape index (κ1) is 21.7. The third kappa shape index (κ3) is 6.84. The van der Waals surface area contributed by atoms with Gasteiger partial charge in [0.1, 0.15) is 29.7 Å². The third-order valence-electron chi connectivity index (χ3n) is 3.63. The Hall–Kier alpha value is -3.55. The number of amides is 1. The van der Waals surface area contributed by atoms with Crippen molar-refractivity contribution in [3.05, 3.63) is 60.3 Å². The molecule has 0 aliphatic carbocycles. The van der Waals surface area contributed by atoms with Gasteiger partial charge in [0.2, 0.25) is 10.0 Å². The summed E-state index contributed by atoms with van der Waals surface area (Å²) in [4.78, 5) is 12.1. The number of carbonyl (C=O) groups is 1. The first-order valence-electron chi connectivity index (χ1n) is 8.38. The molecule has 0 spiro atoms. The summed E-state index contributed by atoms with van der Waals surface area (Å²) in [6, 6.07) is 14.2. The molecule has 4 N–H and O–H groups in total. The summed E-state index contributed by atoms with van der Waals surface area (Å²) in [5, 5.41) is 19.5. The number of ether oxygens (including phenoxy) is 2. The van der Waals surface area contributed by atoms with Gasteiger partial charge in [-0.3, -0.25) is 4.79 Å². The summed E-state index contributed by atoms with van der Waals surface area (Å²) in [5.41, 5.74) is 0.177. The van der Waals surface area contributed by atoms with E-state index in [9.17, 15) is 13.2 Å². The molecule has 0 fully saturated rings. The van der Waals surface area contributed by atoms with Gasteiger partial charge in [-0.15, -0.1) is 0 Å². The van der Waals surface area contributed by atoms with E-state index in [-0.39, 0.29) is 10.5 Å². The van der Waals surface area contributed by atoms with Crippen molar-refractivity contribution in [2.75, 3.05) is 25.6 Å². The van der Waals surface area contributed by atoms with Gasteiger partial charge in [0.15, 0.2) is 0 Å². The van der Waals surface area contributed by atoms with Gasteiger partial charge >= 0.3 is 0 Å². The van der Waals surface area contributed by atoms with Gasteiger partial charge in [0, 0.05) is 18.4 Å². The first-order valence-corrected chi connectivity index (χ1v) is 9.93. The highest BCUT2D eigenvalue weighted by Crippen LogP contribution is 2.16. The van der Waals surface area contributed by atoms with Crippen LogP contribution in [0.25, 0.3) is 0 Å². The van der Waals surface area contributed by atoms with E-state index in [2.05, 4.69) is 10.6 Å². The molecule has 9 nitrogen and oxygen atoms in total. The fourth-order valence-corrected chi connectivity index (χ4v) is 2.66. The zero-order chi connectivity index (χ0) is 21.3. The Labute approximate surface area is 168 Å². The molecule has 0 saturated heterocycles. The van der Waals surface area contributed by atoms with Crippen LogP contribution in [0.2, 0.25) is 0 Å². The van der Waals surface area contributed by atoms with E-state index in [0.717, 1.165) is 5.75 Å². The van der Waals surface area contributed by atoms with Crippen LogP contribution < -0.4 is 25.2 Å². The summed E-state index contributed by atoms with van der Waals surface area (Å²) in [6.45, 7) is 0.686. The van der Waals surface area contributed by atoms with Crippen molar-refractivity contribution >= 4 is 21.6 Å². The zero-order valence-corrected chi connectivity index (χ0v) is 16.4. The van der Waals surface area contributed by atoms with Gasteiger partial charge in [-0.1, -0.05) is 0 Å². The molecule has 10 heteroatoms. The molecule has 0 radical (unpaired) electrons. The molecule has 0 heterocycles. The molecule has 2 rings (SSSR count). The molecule has 0 bridgehead atoms. The van der Waals surface area contributed by atoms with Crippen LogP contribution in [-0.2, 0) is 14.8 Å². The number of rotatable bonds is 9. The van der Waals surface area contributed by atoms with Crippen molar-refractivity contribution < 1.29 is 22.7 Å². The van der Waals surface area contributed by atoms with Gasteiger partial charge in [-0.05, 0) is 48.5 Å². The number of benzene rings is 2. The second-order valence-electron chi connectivity index (χ2n) is 5.67. The number of nitrogens with one attached hydrogen (secondary N) is 2. The number of nitriles is 1. The van der Waals surface area contributed by atoms with E-state index in [1.54, 1.807) is 37.4 Å². The molecule has 0 atom stereocenters. The summed E-state index contributed by atoms with van der Waals surface area (Å²) in [6.07, 6.45) is 1.28. The van der Waals surface area contributed by atoms with Crippen molar-refractivity contribution in [3.63, 3.8) is 0 Å². The molecule has 29 heavy (non-hydrogen) atoms. The highest BCUT2D eigenvalue weighted by Gasteiger charge is 2.11. The number of primary sulfonamides is 1. The molecule has 2 aromatic rings. The molecule has 2 aromatic carbocycles. The van der Waals surface area contributed by atoms with Crippen LogP contribution in [0, 0.1) is 11.3 Å². The second-order valence-corrected chi connectivity index (χ2v) is 7.23. The Morgan fingerprint density at radius 3 is 2.31 bits per heavy atom. The zero-order valence-electron chi connectivity index (χ0n) is 15.6. The van der Waals surface area contributed by atoms with E-state index in [1.807, 2.05) is 0 Å². The minimum Gasteiger partial charge on any atom is -0.497 e. The third-order valence-corrected chi connectivity index (χ3v) is 4.56. The maximum atomic E-state index is 12.1. The SMILES string of the molecule is COc1ccc(OCCN/C=C(/C#N)C(=O)Nc2ccc(S(N)(=O)=O)cc2)cc1. The predicted octanol–water partition coefficient (Wildman–Crippen LogP) is 1.36. The lowest BCUT2D eigenvalue weighted by Gasteiger charge is -2.08. The van der Waals surface area contributed by atoms with Crippen LogP contribution in [0.15, 0.2) is 65.2 Å². The van der Waals surface area contributed by atoms with Crippen LogP contribution in [0.4, 0.5) is 5.69 Å². The second kappa shape index (κ2) is 10.1. The number of sulfonamides is 1. The van der Waals surface area contributed by atoms with E-state index < -0.39 is 15.9 Å². The lowest BCUT2D eigenvalue weighted by atomic mass is 10.2. The summed E-state index contributed by atoms with van der Waals surface area (Å²) < 4.78 is 33.0. The number of nitrogens with zero attached hydrogens (tertiary/aromatic N) is 1. The smallest absolute Gasteiger partial charge is 0.267 e. The van der Waals surface area contributed by atoms with Gasteiger partial charge in [0.25, 0.3) is 5.91 Å². The highest BCUT2D eigenvalue weighted by molar-refractivity contribution is 7.89. The minimum absolute atomic E-state index is 0.0786. The fraction of sp³-hybridized carbons (Fsp3) is 0.158. The van der Waals surface area contributed by atoms with Crippen LogP contribution >= 0.6 is 0 Å². The minimum atomic E-state index is -3.81. The number of anilines is 1. The maximum absolute atomic E-state index is 12.1. The topological polar surface area (TPSA) is 144 Å². The molecule has 0 aromatic heterocycles. The van der Waals surface area contributed by atoms with Gasteiger partial charge in [-0.2, -0.15) is 5.26 Å². The van der Waals surface area contributed by atoms with Gasteiger partial charge in [-0.25, -0.2) is 13.6 Å². The van der Waals surface area contributed by atoms with Crippen molar-refractivity contribution in [1.82, 2.24) is 5.32 Å². The summed E-state index contributed by atoms with van der Waals surface area (Å²) in [5.74, 6) is 0.750. The Morgan fingerprint density at radius 2 is 1.76 bits per heavy atom. The lowest BCUT2D eigenvalue weighted by Crippen LogP contribution is -2.20. The standard InChI is InChI=1S/C19H20N4O5S/c1-27-16-4-6-17(7-5-16)28-11-10-22-13-14(12-20)19(24)23-15-2-8-18(9-3-15)29(21,25)26/h2-9,13,22H,10-11H2,1H3,(H,23,24)(H2,21,25,26)/b14-13-. The Morgan fingerprint density at radius 1 is 1.14 bits per heavy atom. The van der Waals surface area contributed by atoms with E-state index in [0.29, 0.717) is 24.6 Å². The van der Waals surface area contributed by atoms with Crippen LogP contribution in [-0.4, -0.2) is 34.6 Å². The first-order chi connectivity index (χ1) is 13.8. The average molecular weight is 416 g/mol. The molecule has 0 aliphatic rings. The molecular formula is C19H20N4O5S. The van der Waals surface area contributed by atoms with Crippen molar-refractivity contribution in [1.29, 1.82) is 5.26 Å². The van der Waals surface area contributed by atoms with Crippen LogP contribution in [0.1, 0.15) is 0 Å². The Kier molecular flexibility index (Phi) is 7.59. The molecule has 0 aliphatic heterocycles. The largest absolute Gasteiger partial charge is 0.497 e. The average Bonchev–Trinajstić information content (AvgIpc) is 2.70. The highest BCUT2D eigenvalue weighted by atomic mass is 32.2. The predicted molar refractivity (Wildman–Crippen MR) is 107 cm³/mol. The molecular weight excluding hydrogens is 396 g/mol. The van der Waals surface area contributed by atoms with E-state index in [1.165, 1.54) is 30.5 Å². The molecule has 152 valence electrons. The Balaban J connectivity index is 1.83. The van der Waals surface area contributed by atoms with E-state index in [4.69, 9.17) is 19.9 Å². The number of nitrogens with two attached hydrogens (primary N) is 1. The fourth-order valence-electron chi connectivity index (χ4n) is 2.15. The van der Waals surface area contributed by atoms with Crippen LogP contribution in [0.3, 0.4) is 0 Å². The quantitative estimate of drug-likeness (QED) is 0.318. The normalized spacial score (nSPS) is 11.3. The molecule has 1 amide bonds. The molecule has 0 saturated carbocycles. The van der Waals surface area contributed by atoms with E-state index >= 15 is 0 Å². The summed E-state index contributed by atoms with van der Waals surface area (Å²) in [7, 11) is -2.24. The maximum Gasteiger partial charge on any atom is 0.267 e. The summed E-state index contributed by atoms with van der Waals surface area (Å²) >= 11 is 0. The lowest BCUT2D eigenvalue weighted by molar-refractivity contribution is -0.112. The number of hydrogen-bond donors (Lipinski definition) is 3. The van der Waals surface area contributed by atoms with Crippen molar-refractivity contribution in [2.24, 2.45) is 5.14 Å². The number of hydrogen-bond acceptors (Lipinski definition) is 7. The van der Waals surface area contributed by atoms with Crippen LogP contribution in [0.5, 0.6) is 11.5 Å². The molecule has 0 unspecified atom stereocenters. The van der Waals surface area contributed by atoms with Gasteiger partial charge in [0.05, 0.1) is 12.0 Å². The monoisotopic (exact) mass is 416 g/mol. The number of methoxy groups -OCH3 is 1. The van der Waals surface area contributed by atoms with Crippen molar-refractivity contribution in [3.8, 4) is 17.6 Å². The van der Waals surface area contributed by atoms with Crippen molar-refractivity contribution in [2.45, 2.75) is 4.90 Å². The van der Waals surface area contributed by atoms with Gasteiger partial charge < -0.3 is 20.1 Å².